The summed E-state index contributed by atoms with van der Waals surface area (Å²) in [6.07, 6.45) is 3.32. The fourth-order valence-electron chi connectivity index (χ4n) is 4.23. The van der Waals surface area contributed by atoms with E-state index >= 15 is 0 Å². The first-order valence-electron chi connectivity index (χ1n) is 11.0. The van der Waals surface area contributed by atoms with Gasteiger partial charge in [-0.3, -0.25) is 9.30 Å². The van der Waals surface area contributed by atoms with E-state index in [4.69, 9.17) is 42.4 Å². The summed E-state index contributed by atoms with van der Waals surface area (Å²) in [7, 11) is 3.11. The molecule has 1 fully saturated rings. The Bertz CT molecular complexity index is 1310. The Morgan fingerprint density at radius 1 is 1.24 bits per heavy atom. The Balaban J connectivity index is 1.52. The van der Waals surface area contributed by atoms with E-state index < -0.39 is 5.38 Å². The van der Waals surface area contributed by atoms with Gasteiger partial charge in [-0.2, -0.15) is 4.99 Å². The van der Waals surface area contributed by atoms with Gasteiger partial charge in [0.15, 0.2) is 5.65 Å². The molecule has 4 heterocycles. The molecule has 2 aromatic rings. The van der Waals surface area contributed by atoms with Crippen molar-refractivity contribution in [2.24, 2.45) is 9.98 Å². The number of guanidine groups is 1. The van der Waals surface area contributed by atoms with Gasteiger partial charge in [-0.15, -0.1) is 21.8 Å². The van der Waals surface area contributed by atoms with Crippen LogP contribution >= 0.6 is 23.2 Å². The van der Waals surface area contributed by atoms with E-state index in [1.807, 2.05) is 10.5 Å². The second-order valence-electron chi connectivity index (χ2n) is 7.97. The SMILES string of the molecule is COC1=CC(OC)=C(Cl)C(=c2cc3c(n4cnnc24)=NC(NCCN2CCOCC2)=NC3)C1Cl. The summed E-state index contributed by atoms with van der Waals surface area (Å²) < 4.78 is 18.2. The number of nitrogens with zero attached hydrogens (tertiary/aromatic N) is 6. The van der Waals surface area contributed by atoms with Crippen molar-refractivity contribution in [1.82, 2.24) is 24.8 Å². The zero-order valence-corrected chi connectivity index (χ0v) is 20.4. The number of morpholine rings is 1. The molecular weight excluding hydrogens is 481 g/mol. The van der Waals surface area contributed by atoms with Gasteiger partial charge in [0.25, 0.3) is 0 Å². The number of allylic oxidation sites excluding steroid dienone is 3. The minimum Gasteiger partial charge on any atom is -0.499 e. The maximum absolute atomic E-state index is 6.76. The molecule has 1 saturated heterocycles. The molecule has 3 aliphatic rings. The molecule has 2 aliphatic heterocycles. The third kappa shape index (κ3) is 4.26. The van der Waals surface area contributed by atoms with Crippen molar-refractivity contribution in [3.63, 3.8) is 0 Å². The van der Waals surface area contributed by atoms with Crippen LogP contribution in [0.5, 0.6) is 0 Å². The minimum absolute atomic E-state index is 0.398. The lowest BCUT2D eigenvalue weighted by Crippen LogP contribution is -2.42. The van der Waals surface area contributed by atoms with Gasteiger partial charge in [0.05, 0.1) is 39.0 Å². The molecule has 0 aromatic carbocycles. The number of rotatable bonds is 5. The van der Waals surface area contributed by atoms with Crippen molar-refractivity contribution in [3.8, 4) is 0 Å². The van der Waals surface area contributed by atoms with Crippen LogP contribution in [-0.2, 0) is 20.8 Å². The van der Waals surface area contributed by atoms with Crippen LogP contribution in [0.2, 0.25) is 0 Å². The fraction of sp³-hybridized carbons (Fsp3) is 0.455. The van der Waals surface area contributed by atoms with Crippen LogP contribution in [0.1, 0.15) is 5.56 Å². The second-order valence-corrected chi connectivity index (χ2v) is 8.79. The molecule has 2 aromatic heterocycles. The number of alkyl halides is 1. The molecule has 0 spiro atoms. The summed E-state index contributed by atoms with van der Waals surface area (Å²) in [4.78, 5) is 11.7. The lowest BCUT2D eigenvalue weighted by molar-refractivity contribution is 0.0389. The fourth-order valence-corrected chi connectivity index (χ4v) is 5.01. The maximum Gasteiger partial charge on any atom is 0.220 e. The molecule has 0 amide bonds. The van der Waals surface area contributed by atoms with Gasteiger partial charge in [-0.05, 0) is 6.07 Å². The standard InChI is InChI=1S/C22H25Cl2N7O3/c1-32-15-10-16(33-2)19(24)17(18(15)23)14-9-13-11-26-22(25-3-4-30-5-7-34-8-6-30)28-20(13)31-12-27-29-21(14)31/h9-10,12,18H,3-8,11H2,1-2H3,(H,25,26). The molecule has 180 valence electrons. The topological polar surface area (TPSA) is 97.9 Å². The smallest absolute Gasteiger partial charge is 0.220 e. The molecule has 10 nitrogen and oxygen atoms in total. The van der Waals surface area contributed by atoms with E-state index in [0.29, 0.717) is 40.3 Å². The van der Waals surface area contributed by atoms with Gasteiger partial charge in [0, 0.05) is 48.6 Å². The maximum atomic E-state index is 6.76. The number of methoxy groups -OCH3 is 2. The first-order valence-corrected chi connectivity index (χ1v) is 11.8. The Morgan fingerprint density at radius 2 is 2.06 bits per heavy atom. The molecule has 34 heavy (non-hydrogen) atoms. The summed E-state index contributed by atoms with van der Waals surface area (Å²) in [5.41, 5.74) is 2.86. The van der Waals surface area contributed by atoms with Crippen LogP contribution in [-0.4, -0.2) is 84.4 Å². The van der Waals surface area contributed by atoms with Crippen molar-refractivity contribution in [1.29, 1.82) is 0 Å². The van der Waals surface area contributed by atoms with E-state index in [-0.39, 0.29) is 0 Å². The van der Waals surface area contributed by atoms with Crippen molar-refractivity contribution >= 4 is 40.4 Å². The van der Waals surface area contributed by atoms with Gasteiger partial charge in [0.1, 0.15) is 28.7 Å². The monoisotopic (exact) mass is 505 g/mol. The van der Waals surface area contributed by atoms with Crippen LogP contribution in [0.15, 0.2) is 45.0 Å². The van der Waals surface area contributed by atoms with Crippen LogP contribution in [0.3, 0.4) is 0 Å². The highest BCUT2D eigenvalue weighted by Crippen LogP contribution is 2.36. The summed E-state index contributed by atoms with van der Waals surface area (Å²) in [5.74, 6) is 1.59. The van der Waals surface area contributed by atoms with Gasteiger partial charge in [-0.1, -0.05) is 11.6 Å². The van der Waals surface area contributed by atoms with E-state index in [1.165, 1.54) is 0 Å². The highest BCUT2D eigenvalue weighted by molar-refractivity contribution is 6.41. The zero-order valence-electron chi connectivity index (χ0n) is 18.9. The van der Waals surface area contributed by atoms with Gasteiger partial charge >= 0.3 is 0 Å². The molecule has 0 radical (unpaired) electrons. The average Bonchev–Trinajstić information content (AvgIpc) is 3.36. The molecule has 1 unspecified atom stereocenters. The van der Waals surface area contributed by atoms with E-state index in [2.05, 4.69) is 25.4 Å². The Morgan fingerprint density at radius 3 is 2.82 bits per heavy atom. The first kappa shape index (κ1) is 23.1. The minimum atomic E-state index is -0.614. The number of fused-ring (bicyclic) bond motifs is 3. The van der Waals surface area contributed by atoms with Crippen molar-refractivity contribution in [2.75, 3.05) is 53.6 Å². The van der Waals surface area contributed by atoms with Gasteiger partial charge in [0.2, 0.25) is 5.96 Å². The van der Waals surface area contributed by atoms with Gasteiger partial charge < -0.3 is 19.5 Å². The summed E-state index contributed by atoms with van der Waals surface area (Å²) >= 11 is 13.5. The quantitative estimate of drug-likeness (QED) is 0.592. The Hall–Kier alpha value is -2.66. The van der Waals surface area contributed by atoms with E-state index in [0.717, 1.165) is 55.7 Å². The normalized spacial score (nSPS) is 22.6. The van der Waals surface area contributed by atoms with E-state index in [1.54, 1.807) is 26.6 Å². The second kappa shape index (κ2) is 9.91. The van der Waals surface area contributed by atoms with Crippen LogP contribution < -0.4 is 16.0 Å². The zero-order chi connectivity index (χ0) is 23.7. The predicted octanol–water partition coefficient (Wildman–Crippen LogP) is 0.539. The first-order chi connectivity index (χ1) is 16.6. The van der Waals surface area contributed by atoms with Crippen molar-refractivity contribution in [2.45, 2.75) is 11.9 Å². The highest BCUT2D eigenvalue weighted by atomic mass is 35.5. The van der Waals surface area contributed by atoms with Crippen LogP contribution in [0.4, 0.5) is 0 Å². The van der Waals surface area contributed by atoms with Crippen LogP contribution in [0, 0.1) is 0 Å². The molecule has 5 rings (SSSR count). The number of hydrogen-bond donors (Lipinski definition) is 1. The Kier molecular flexibility index (Phi) is 6.73. The number of halogens is 2. The third-order valence-electron chi connectivity index (χ3n) is 6.02. The number of ether oxygens (including phenoxy) is 3. The lowest BCUT2D eigenvalue weighted by atomic mass is 10.0. The molecule has 12 heteroatoms. The van der Waals surface area contributed by atoms with Crippen LogP contribution in [0.25, 0.3) is 11.2 Å². The Labute approximate surface area is 206 Å². The summed E-state index contributed by atoms with van der Waals surface area (Å²) in [6, 6.07) is 1.97. The molecule has 0 saturated carbocycles. The highest BCUT2D eigenvalue weighted by Gasteiger charge is 2.29. The molecule has 1 N–H and O–H groups in total. The number of aliphatic imine (C=N–C) groups is 1. The number of nitrogens with one attached hydrogen (secondary N) is 1. The van der Waals surface area contributed by atoms with Crippen molar-refractivity contribution < 1.29 is 14.2 Å². The predicted molar refractivity (Wildman–Crippen MR) is 128 cm³/mol. The average molecular weight is 506 g/mol. The number of pyridine rings is 1. The lowest BCUT2D eigenvalue weighted by Gasteiger charge is -2.26. The van der Waals surface area contributed by atoms with Crippen molar-refractivity contribution in [3.05, 3.63) is 51.3 Å². The third-order valence-corrected chi connectivity index (χ3v) is 6.85. The number of aromatic nitrogens is 3. The summed E-state index contributed by atoms with van der Waals surface area (Å²) in [5, 5.41) is 12.3. The molecular formula is C22H25Cl2N7O3. The molecule has 0 bridgehead atoms. The molecule has 1 atom stereocenters. The largest absolute Gasteiger partial charge is 0.499 e. The summed E-state index contributed by atoms with van der Waals surface area (Å²) in [6.45, 7) is 5.55. The van der Waals surface area contributed by atoms with Gasteiger partial charge in [-0.25, -0.2) is 4.99 Å². The number of hydrogen-bond acceptors (Lipinski definition) is 9. The molecule has 1 aliphatic carbocycles. The van der Waals surface area contributed by atoms with E-state index in [9.17, 15) is 0 Å².